The predicted molar refractivity (Wildman–Crippen MR) is 111 cm³/mol. The van der Waals surface area contributed by atoms with Crippen molar-refractivity contribution < 1.29 is 19.1 Å². The molecular weight excluding hydrogens is 380 g/mol. The van der Waals surface area contributed by atoms with E-state index < -0.39 is 0 Å². The van der Waals surface area contributed by atoms with Gasteiger partial charge in [-0.3, -0.25) is 4.79 Å². The van der Waals surface area contributed by atoms with Crippen LogP contribution >= 0.6 is 11.6 Å². The predicted octanol–water partition coefficient (Wildman–Crippen LogP) is 4.20. The van der Waals surface area contributed by atoms with Crippen molar-refractivity contribution in [3.63, 3.8) is 0 Å². The van der Waals surface area contributed by atoms with Gasteiger partial charge in [0.2, 0.25) is 0 Å². The fourth-order valence-corrected chi connectivity index (χ4v) is 2.90. The molecule has 0 bridgehead atoms. The monoisotopic (exact) mass is 404 g/mol. The third-order valence-electron chi connectivity index (χ3n) is 4.34. The number of halogens is 1. The lowest BCUT2D eigenvalue weighted by Gasteiger charge is -2.15. The molecule has 1 atom stereocenters. The fourth-order valence-electron chi connectivity index (χ4n) is 2.61. The number of oxime groups is 1. The number of nitrogens with one attached hydrogen (secondary N) is 1. The summed E-state index contributed by atoms with van der Waals surface area (Å²) in [6, 6.07) is 9.37. The van der Waals surface area contributed by atoms with Gasteiger partial charge in [0.25, 0.3) is 5.91 Å². The second kappa shape index (κ2) is 9.99. The Kier molecular flexibility index (Phi) is 7.70. The van der Waals surface area contributed by atoms with E-state index in [4.69, 9.17) is 25.9 Å². The molecule has 2 aromatic rings. The quantitative estimate of drug-likeness (QED) is 0.528. The molecule has 0 aliphatic rings. The Hall–Kier alpha value is -2.73. The van der Waals surface area contributed by atoms with Crippen molar-refractivity contribution in [2.75, 3.05) is 20.8 Å². The highest BCUT2D eigenvalue weighted by atomic mass is 35.5. The lowest BCUT2D eigenvalue weighted by molar-refractivity contribution is -0.126. The van der Waals surface area contributed by atoms with Crippen LogP contribution in [0.4, 0.5) is 0 Å². The Morgan fingerprint density at radius 2 is 1.93 bits per heavy atom. The van der Waals surface area contributed by atoms with E-state index in [1.165, 1.54) is 31.6 Å². The zero-order valence-electron chi connectivity index (χ0n) is 16.7. The van der Waals surface area contributed by atoms with Crippen LogP contribution < -0.4 is 14.8 Å². The Morgan fingerprint density at radius 1 is 1.18 bits per heavy atom. The van der Waals surface area contributed by atoms with Gasteiger partial charge in [0.15, 0.2) is 18.1 Å². The lowest BCUT2D eigenvalue weighted by Crippen LogP contribution is -2.29. The maximum atomic E-state index is 12.1. The summed E-state index contributed by atoms with van der Waals surface area (Å²) in [7, 11) is 3.03. The summed E-state index contributed by atoms with van der Waals surface area (Å²) in [5.74, 6) is 0.673. The summed E-state index contributed by atoms with van der Waals surface area (Å²) in [5, 5.41) is 7.10. The first kappa shape index (κ1) is 21.6. The maximum absolute atomic E-state index is 12.1. The largest absolute Gasteiger partial charge is 0.493 e. The number of carbonyl (C=O) groups excluding carboxylic acids is 1. The Bertz CT molecular complexity index is 868. The van der Waals surface area contributed by atoms with Crippen molar-refractivity contribution >= 4 is 23.7 Å². The van der Waals surface area contributed by atoms with Gasteiger partial charge in [-0.05, 0) is 49.6 Å². The molecule has 2 rings (SSSR count). The van der Waals surface area contributed by atoms with Crippen LogP contribution in [0.3, 0.4) is 0 Å². The van der Waals surface area contributed by atoms with E-state index in [0.717, 1.165) is 5.56 Å². The zero-order valence-corrected chi connectivity index (χ0v) is 17.5. The van der Waals surface area contributed by atoms with Crippen molar-refractivity contribution in [1.29, 1.82) is 0 Å². The van der Waals surface area contributed by atoms with Crippen LogP contribution in [0.25, 0.3) is 0 Å². The first-order valence-corrected chi connectivity index (χ1v) is 9.16. The molecule has 0 radical (unpaired) electrons. The van der Waals surface area contributed by atoms with Crippen LogP contribution in [-0.2, 0) is 9.63 Å². The molecule has 0 spiro atoms. The van der Waals surface area contributed by atoms with E-state index in [2.05, 4.69) is 23.5 Å². The summed E-state index contributed by atoms with van der Waals surface area (Å²) < 4.78 is 10.4. The minimum Gasteiger partial charge on any atom is -0.493 e. The van der Waals surface area contributed by atoms with E-state index in [1.54, 1.807) is 12.1 Å². The highest BCUT2D eigenvalue weighted by Crippen LogP contribution is 2.35. The van der Waals surface area contributed by atoms with Crippen LogP contribution in [-0.4, -0.2) is 32.9 Å². The summed E-state index contributed by atoms with van der Waals surface area (Å²) in [5.41, 5.74) is 4.11. The number of hydrogen-bond donors (Lipinski definition) is 1. The Balaban J connectivity index is 1.89. The lowest BCUT2D eigenvalue weighted by atomic mass is 10.0. The number of amides is 1. The van der Waals surface area contributed by atoms with Gasteiger partial charge in [0, 0.05) is 5.56 Å². The molecule has 0 saturated carbocycles. The van der Waals surface area contributed by atoms with E-state index in [-0.39, 0.29) is 18.6 Å². The van der Waals surface area contributed by atoms with Crippen molar-refractivity contribution in [2.24, 2.45) is 5.16 Å². The molecule has 150 valence electrons. The number of rotatable bonds is 8. The highest BCUT2D eigenvalue weighted by molar-refractivity contribution is 6.32. The number of hydrogen-bond acceptors (Lipinski definition) is 5. The third-order valence-corrected chi connectivity index (χ3v) is 4.62. The molecule has 2 aromatic carbocycles. The van der Waals surface area contributed by atoms with Gasteiger partial charge in [-0.2, -0.15) is 0 Å². The molecule has 28 heavy (non-hydrogen) atoms. The van der Waals surface area contributed by atoms with Gasteiger partial charge in [-0.15, -0.1) is 0 Å². The van der Waals surface area contributed by atoms with Gasteiger partial charge < -0.3 is 19.6 Å². The van der Waals surface area contributed by atoms with Crippen molar-refractivity contribution in [3.8, 4) is 11.5 Å². The number of methoxy groups -OCH3 is 2. The summed E-state index contributed by atoms with van der Waals surface area (Å²) in [6.45, 7) is 5.84. The van der Waals surface area contributed by atoms with Crippen LogP contribution in [0, 0.1) is 13.8 Å². The normalized spacial score (nSPS) is 11.9. The number of ether oxygens (including phenoxy) is 2. The average molecular weight is 405 g/mol. The molecule has 0 fully saturated rings. The zero-order chi connectivity index (χ0) is 20.7. The molecule has 0 saturated heterocycles. The summed E-state index contributed by atoms with van der Waals surface area (Å²) in [6.07, 6.45) is 1.45. The number of aryl methyl sites for hydroxylation is 2. The topological polar surface area (TPSA) is 69.2 Å². The second-order valence-corrected chi connectivity index (χ2v) is 6.79. The number of nitrogens with zero attached hydrogens (tertiary/aromatic N) is 1. The van der Waals surface area contributed by atoms with E-state index >= 15 is 0 Å². The molecule has 6 nitrogen and oxygen atoms in total. The van der Waals surface area contributed by atoms with Crippen LogP contribution in [0.2, 0.25) is 5.02 Å². The second-order valence-electron chi connectivity index (χ2n) is 6.38. The Labute approximate surface area is 170 Å². The summed E-state index contributed by atoms with van der Waals surface area (Å²) in [4.78, 5) is 17.2. The highest BCUT2D eigenvalue weighted by Gasteiger charge is 2.11. The first-order chi connectivity index (χ1) is 13.3. The maximum Gasteiger partial charge on any atom is 0.261 e. The third kappa shape index (κ3) is 5.63. The molecule has 0 heterocycles. The fraction of sp³-hybridized carbons (Fsp3) is 0.333. The molecule has 0 aliphatic heterocycles. The van der Waals surface area contributed by atoms with E-state index in [0.29, 0.717) is 22.1 Å². The van der Waals surface area contributed by atoms with Gasteiger partial charge in [-0.1, -0.05) is 35.0 Å². The van der Waals surface area contributed by atoms with Crippen molar-refractivity contribution in [2.45, 2.75) is 26.8 Å². The smallest absolute Gasteiger partial charge is 0.261 e. The van der Waals surface area contributed by atoms with Gasteiger partial charge in [0.05, 0.1) is 31.5 Å². The van der Waals surface area contributed by atoms with E-state index in [1.807, 2.05) is 26.0 Å². The van der Waals surface area contributed by atoms with E-state index in [9.17, 15) is 4.79 Å². The van der Waals surface area contributed by atoms with Crippen molar-refractivity contribution in [3.05, 3.63) is 57.6 Å². The Morgan fingerprint density at radius 3 is 2.57 bits per heavy atom. The average Bonchev–Trinajstić information content (AvgIpc) is 2.66. The van der Waals surface area contributed by atoms with Gasteiger partial charge in [-0.25, -0.2) is 0 Å². The standard InChI is InChI=1S/C21H25ClN2O4/c1-13-6-7-17(8-14(13)2)15(3)24-20(25)12-28-23-11-16-9-18(22)21(27-5)19(10-16)26-4/h6-11,15H,12H2,1-5H3,(H,24,25)/b23-11+. The molecule has 7 heteroatoms. The molecule has 1 N–H and O–H groups in total. The van der Waals surface area contributed by atoms with Crippen molar-refractivity contribution in [1.82, 2.24) is 5.32 Å². The molecule has 1 amide bonds. The number of benzene rings is 2. The van der Waals surface area contributed by atoms with Gasteiger partial charge >= 0.3 is 0 Å². The molecular formula is C21H25ClN2O4. The minimum absolute atomic E-state index is 0.121. The molecule has 0 aromatic heterocycles. The summed E-state index contributed by atoms with van der Waals surface area (Å²) >= 11 is 6.14. The first-order valence-electron chi connectivity index (χ1n) is 8.79. The van der Waals surface area contributed by atoms with Crippen LogP contribution in [0.5, 0.6) is 11.5 Å². The molecule has 0 aliphatic carbocycles. The molecule has 1 unspecified atom stereocenters. The van der Waals surface area contributed by atoms with Gasteiger partial charge in [0.1, 0.15) is 0 Å². The number of carbonyl (C=O) groups is 1. The van der Waals surface area contributed by atoms with Crippen LogP contribution in [0.1, 0.15) is 35.2 Å². The minimum atomic E-state index is -0.256. The SMILES string of the molecule is COc1cc(/C=N/OCC(=O)NC(C)c2ccc(C)c(C)c2)cc(Cl)c1OC. The van der Waals surface area contributed by atoms with Crippen LogP contribution in [0.15, 0.2) is 35.5 Å².